The zero-order valence-electron chi connectivity index (χ0n) is 7.43. The molecule has 62 valence electrons. The van der Waals surface area contributed by atoms with E-state index in [4.69, 9.17) is 5.11 Å². The highest BCUT2D eigenvalue weighted by atomic mass is 16.4. The maximum atomic E-state index is 10.3. The van der Waals surface area contributed by atoms with Gasteiger partial charge in [-0.25, -0.2) is 0 Å². The Morgan fingerprint density at radius 2 is 1.91 bits per heavy atom. The molecule has 11 heavy (non-hydrogen) atoms. The highest BCUT2D eigenvalue weighted by Gasteiger charge is 2.08. The van der Waals surface area contributed by atoms with Gasteiger partial charge in [-0.15, -0.1) is 0 Å². The third-order valence-corrected chi connectivity index (χ3v) is 1.03. The van der Waals surface area contributed by atoms with E-state index >= 15 is 0 Å². The molecule has 0 aromatic heterocycles. The fraction of sp³-hybridized carbons (Fsp3) is 0.667. The maximum Gasteiger partial charge on any atom is 0.318 e. The van der Waals surface area contributed by atoms with Crippen LogP contribution < -0.4 is 0 Å². The first kappa shape index (κ1) is 10.0. The molecule has 0 bridgehead atoms. The Kier molecular flexibility index (Phi) is 3.13. The van der Waals surface area contributed by atoms with Crippen molar-refractivity contribution < 1.29 is 9.90 Å². The molecule has 1 N–H and O–H groups in total. The lowest BCUT2D eigenvalue weighted by Gasteiger charge is -2.07. The molecule has 0 aliphatic heterocycles. The number of aliphatic carboxylic acids is 1. The second kappa shape index (κ2) is 3.43. The lowest BCUT2D eigenvalue weighted by molar-refractivity contribution is -0.139. The summed E-state index contributed by atoms with van der Waals surface area (Å²) in [5.74, 6) is 4.12. The van der Waals surface area contributed by atoms with Crippen LogP contribution in [-0.4, -0.2) is 11.1 Å². The first-order chi connectivity index (χ1) is 4.83. The van der Waals surface area contributed by atoms with Gasteiger partial charge in [-0.3, -0.25) is 4.79 Å². The lowest BCUT2D eigenvalue weighted by Crippen LogP contribution is -2.08. The topological polar surface area (TPSA) is 37.3 Å². The van der Waals surface area contributed by atoms with Gasteiger partial charge < -0.3 is 5.11 Å². The summed E-state index contributed by atoms with van der Waals surface area (Å²) < 4.78 is 0. The highest BCUT2D eigenvalue weighted by Crippen LogP contribution is 2.10. The molecule has 0 amide bonds. The first-order valence-electron chi connectivity index (χ1n) is 3.58. The third kappa shape index (κ3) is 5.47. The smallest absolute Gasteiger partial charge is 0.318 e. The van der Waals surface area contributed by atoms with Gasteiger partial charge in [0.15, 0.2) is 0 Å². The van der Waals surface area contributed by atoms with Crippen LogP contribution in [0, 0.1) is 23.2 Å². The second-order valence-electron chi connectivity index (χ2n) is 3.58. The number of rotatable bonds is 1. The quantitative estimate of drug-likeness (QED) is 0.584. The largest absolute Gasteiger partial charge is 0.480 e. The molecule has 0 saturated heterocycles. The van der Waals surface area contributed by atoms with Gasteiger partial charge in [-0.05, 0) is 27.7 Å². The molecule has 0 aromatic carbocycles. The van der Waals surface area contributed by atoms with Crippen LogP contribution in [0.25, 0.3) is 0 Å². The minimum atomic E-state index is -0.859. The SMILES string of the molecule is CC(C#CC(C)(C)C)C(=O)O. The lowest BCUT2D eigenvalue weighted by atomic mass is 9.97. The van der Waals surface area contributed by atoms with E-state index in [-0.39, 0.29) is 5.41 Å². The molecule has 0 aliphatic rings. The van der Waals surface area contributed by atoms with Crippen LogP contribution in [0.5, 0.6) is 0 Å². The van der Waals surface area contributed by atoms with Crippen LogP contribution in [0.15, 0.2) is 0 Å². The van der Waals surface area contributed by atoms with E-state index in [2.05, 4.69) is 11.8 Å². The van der Waals surface area contributed by atoms with E-state index in [1.54, 1.807) is 6.92 Å². The van der Waals surface area contributed by atoms with Gasteiger partial charge in [0.2, 0.25) is 0 Å². The Hall–Kier alpha value is -0.970. The van der Waals surface area contributed by atoms with Gasteiger partial charge in [0.25, 0.3) is 0 Å². The summed E-state index contributed by atoms with van der Waals surface area (Å²) in [6.07, 6.45) is 0. The summed E-state index contributed by atoms with van der Waals surface area (Å²) in [6, 6.07) is 0. The molecule has 0 fully saturated rings. The number of carboxylic acid groups (broad SMARTS) is 1. The number of hydrogen-bond acceptors (Lipinski definition) is 1. The zero-order chi connectivity index (χ0) is 9.07. The van der Waals surface area contributed by atoms with E-state index in [0.29, 0.717) is 0 Å². The van der Waals surface area contributed by atoms with Crippen molar-refractivity contribution in [2.24, 2.45) is 11.3 Å². The van der Waals surface area contributed by atoms with Crippen molar-refractivity contribution in [1.82, 2.24) is 0 Å². The van der Waals surface area contributed by atoms with Crippen LogP contribution >= 0.6 is 0 Å². The molecule has 0 rings (SSSR count). The Morgan fingerprint density at radius 1 is 1.45 bits per heavy atom. The van der Waals surface area contributed by atoms with Crippen LogP contribution in [-0.2, 0) is 4.79 Å². The average Bonchev–Trinajstić information content (AvgIpc) is 1.80. The van der Waals surface area contributed by atoms with E-state index in [9.17, 15) is 4.79 Å². The summed E-state index contributed by atoms with van der Waals surface area (Å²) in [7, 11) is 0. The van der Waals surface area contributed by atoms with Gasteiger partial charge >= 0.3 is 5.97 Å². The fourth-order valence-corrected chi connectivity index (χ4v) is 0.386. The van der Waals surface area contributed by atoms with Crippen molar-refractivity contribution in [3.05, 3.63) is 0 Å². The normalized spacial score (nSPS) is 13.1. The molecule has 1 atom stereocenters. The standard InChI is InChI=1S/C9H14O2/c1-7(8(10)11)5-6-9(2,3)4/h7H,1-4H3,(H,10,11). The summed E-state index contributed by atoms with van der Waals surface area (Å²) >= 11 is 0. The van der Waals surface area contributed by atoms with E-state index in [0.717, 1.165) is 0 Å². The van der Waals surface area contributed by atoms with Crippen LogP contribution in [0.1, 0.15) is 27.7 Å². The molecule has 0 saturated carbocycles. The van der Waals surface area contributed by atoms with Gasteiger partial charge in [-0.2, -0.15) is 0 Å². The molecule has 0 heterocycles. The zero-order valence-corrected chi connectivity index (χ0v) is 7.43. The van der Waals surface area contributed by atoms with Crippen molar-refractivity contribution in [1.29, 1.82) is 0 Å². The van der Waals surface area contributed by atoms with Crippen LogP contribution in [0.2, 0.25) is 0 Å². The molecule has 0 aromatic rings. The summed E-state index contributed by atoms with van der Waals surface area (Å²) in [6.45, 7) is 7.44. The van der Waals surface area contributed by atoms with Crippen LogP contribution in [0.3, 0.4) is 0 Å². The van der Waals surface area contributed by atoms with Gasteiger partial charge in [0, 0.05) is 5.41 Å². The molecule has 2 nitrogen and oxygen atoms in total. The Bertz CT molecular complexity index is 200. The van der Waals surface area contributed by atoms with Crippen molar-refractivity contribution in [3.8, 4) is 11.8 Å². The number of hydrogen-bond donors (Lipinski definition) is 1. The summed E-state index contributed by atoms with van der Waals surface area (Å²) in [5.41, 5.74) is -0.107. The first-order valence-corrected chi connectivity index (χ1v) is 3.58. The van der Waals surface area contributed by atoms with Gasteiger partial charge in [0.05, 0.1) is 0 Å². The van der Waals surface area contributed by atoms with Crippen molar-refractivity contribution in [2.45, 2.75) is 27.7 Å². The second-order valence-corrected chi connectivity index (χ2v) is 3.58. The predicted molar refractivity (Wildman–Crippen MR) is 44.0 cm³/mol. The molecule has 1 unspecified atom stereocenters. The monoisotopic (exact) mass is 154 g/mol. The highest BCUT2D eigenvalue weighted by molar-refractivity contribution is 5.72. The van der Waals surface area contributed by atoms with E-state index < -0.39 is 11.9 Å². The van der Waals surface area contributed by atoms with Gasteiger partial charge in [-0.1, -0.05) is 11.8 Å². The van der Waals surface area contributed by atoms with E-state index in [1.165, 1.54) is 0 Å². The van der Waals surface area contributed by atoms with Crippen molar-refractivity contribution in [3.63, 3.8) is 0 Å². The Morgan fingerprint density at radius 3 is 2.18 bits per heavy atom. The maximum absolute atomic E-state index is 10.3. The fourth-order valence-electron chi connectivity index (χ4n) is 0.386. The van der Waals surface area contributed by atoms with E-state index in [1.807, 2.05) is 20.8 Å². The molecular formula is C9H14O2. The minimum Gasteiger partial charge on any atom is -0.480 e. The molecule has 0 radical (unpaired) electrons. The van der Waals surface area contributed by atoms with Crippen molar-refractivity contribution in [2.75, 3.05) is 0 Å². The van der Waals surface area contributed by atoms with Crippen molar-refractivity contribution >= 4 is 5.97 Å². The number of carboxylic acids is 1. The Balaban J connectivity index is 4.19. The molecular weight excluding hydrogens is 140 g/mol. The molecule has 0 aliphatic carbocycles. The number of carbonyl (C=O) groups is 1. The van der Waals surface area contributed by atoms with Gasteiger partial charge in [0.1, 0.15) is 5.92 Å². The Labute approximate surface area is 67.6 Å². The third-order valence-electron chi connectivity index (χ3n) is 1.03. The predicted octanol–water partition coefficient (Wildman–Crippen LogP) is 1.76. The summed E-state index contributed by atoms with van der Waals surface area (Å²) in [5, 5.41) is 8.48. The summed E-state index contributed by atoms with van der Waals surface area (Å²) in [4.78, 5) is 10.3. The molecule has 2 heteroatoms. The minimum absolute atomic E-state index is 0.107. The average molecular weight is 154 g/mol. The molecule has 0 spiro atoms. The van der Waals surface area contributed by atoms with Crippen LogP contribution in [0.4, 0.5) is 0 Å².